The molecule has 3 N–H and O–H groups in total. The Hall–Kier alpha value is -1.39. The predicted molar refractivity (Wildman–Crippen MR) is 77.8 cm³/mol. The van der Waals surface area contributed by atoms with Crippen molar-refractivity contribution in [2.24, 2.45) is 5.73 Å². The molecule has 0 fully saturated rings. The summed E-state index contributed by atoms with van der Waals surface area (Å²) < 4.78 is 0. The summed E-state index contributed by atoms with van der Waals surface area (Å²) in [6.07, 6.45) is 0. The highest BCUT2D eigenvalue weighted by Crippen LogP contribution is 2.19. The average molecular weight is 251 g/mol. The Kier molecular flexibility index (Phi) is 7.24. The second-order valence-electron chi connectivity index (χ2n) is 4.89. The summed E-state index contributed by atoms with van der Waals surface area (Å²) in [6.45, 7) is 5.59. The van der Waals surface area contributed by atoms with E-state index < -0.39 is 6.04 Å². The van der Waals surface area contributed by atoms with Crippen molar-refractivity contribution in [3.8, 4) is 0 Å². The maximum Gasteiger partial charge on any atom is 0.241 e. The van der Waals surface area contributed by atoms with E-state index in [1.54, 1.807) is 6.92 Å². The molecule has 1 amide bonds. The Morgan fingerprint density at radius 1 is 1.22 bits per heavy atom. The van der Waals surface area contributed by atoms with Gasteiger partial charge in [-0.25, -0.2) is 0 Å². The van der Waals surface area contributed by atoms with Crippen molar-refractivity contribution in [1.82, 2.24) is 4.90 Å². The van der Waals surface area contributed by atoms with Crippen LogP contribution in [0.15, 0.2) is 18.2 Å². The van der Waals surface area contributed by atoms with E-state index in [1.165, 1.54) is 0 Å². The predicted octanol–water partition coefficient (Wildman–Crippen LogP) is 1.77. The highest BCUT2D eigenvalue weighted by atomic mass is 16.2. The van der Waals surface area contributed by atoms with Crippen molar-refractivity contribution in [2.45, 2.75) is 26.8 Å². The standard InChI is InChI=1S/C11H16N2O.C3H9N/c1-7-5-4-6-8(2)10(7)13-11(14)9(3)12;1-4(2)3/h4-6,9H,12H2,1-3H3,(H,13,14);1-3H3. The summed E-state index contributed by atoms with van der Waals surface area (Å²) >= 11 is 0. The molecule has 0 bridgehead atoms. The number of aryl methyl sites for hydroxylation is 2. The van der Waals surface area contributed by atoms with Crippen LogP contribution >= 0.6 is 0 Å². The van der Waals surface area contributed by atoms with Crippen molar-refractivity contribution in [3.05, 3.63) is 29.3 Å². The normalized spacial score (nSPS) is 11.6. The minimum Gasteiger partial charge on any atom is -0.324 e. The largest absolute Gasteiger partial charge is 0.324 e. The number of nitrogens with zero attached hydrogens (tertiary/aromatic N) is 1. The molecule has 0 saturated heterocycles. The zero-order valence-corrected chi connectivity index (χ0v) is 12.2. The molecule has 0 heterocycles. The summed E-state index contributed by atoms with van der Waals surface area (Å²) in [5.74, 6) is -0.151. The molecule has 0 aliphatic rings. The van der Waals surface area contributed by atoms with Gasteiger partial charge in [-0.1, -0.05) is 18.2 Å². The van der Waals surface area contributed by atoms with Crippen LogP contribution in [0.2, 0.25) is 0 Å². The molecule has 1 rings (SSSR count). The van der Waals surface area contributed by atoms with Crippen molar-refractivity contribution in [3.63, 3.8) is 0 Å². The van der Waals surface area contributed by atoms with Crippen LogP contribution in [0.3, 0.4) is 0 Å². The Morgan fingerprint density at radius 3 is 1.94 bits per heavy atom. The Bertz CT molecular complexity index is 364. The molecule has 1 aromatic rings. The van der Waals surface area contributed by atoms with E-state index in [4.69, 9.17) is 5.73 Å². The van der Waals surface area contributed by atoms with Gasteiger partial charge in [0.25, 0.3) is 0 Å². The van der Waals surface area contributed by atoms with Gasteiger partial charge in [-0.05, 0) is 53.0 Å². The molecular formula is C14H25N3O. The molecule has 0 saturated carbocycles. The zero-order valence-electron chi connectivity index (χ0n) is 12.2. The van der Waals surface area contributed by atoms with E-state index in [2.05, 4.69) is 5.32 Å². The van der Waals surface area contributed by atoms with Crippen LogP contribution in [0.4, 0.5) is 5.69 Å². The molecule has 0 radical (unpaired) electrons. The number of hydrogen-bond donors (Lipinski definition) is 2. The monoisotopic (exact) mass is 251 g/mol. The number of rotatable bonds is 2. The first kappa shape index (κ1) is 16.6. The maximum absolute atomic E-state index is 11.4. The van der Waals surface area contributed by atoms with Crippen molar-refractivity contribution >= 4 is 11.6 Å². The molecule has 18 heavy (non-hydrogen) atoms. The number of nitrogens with one attached hydrogen (secondary N) is 1. The van der Waals surface area contributed by atoms with Crippen molar-refractivity contribution in [1.29, 1.82) is 0 Å². The SMILES string of the molecule is CN(C)C.Cc1cccc(C)c1NC(=O)C(C)N. The van der Waals surface area contributed by atoms with Crippen LogP contribution in [0.5, 0.6) is 0 Å². The minimum absolute atomic E-state index is 0.151. The molecule has 1 unspecified atom stereocenters. The molecular weight excluding hydrogens is 226 g/mol. The number of carbonyl (C=O) groups is 1. The third kappa shape index (κ3) is 6.37. The van der Waals surface area contributed by atoms with Crippen LogP contribution in [-0.2, 0) is 4.79 Å². The fourth-order valence-electron chi connectivity index (χ4n) is 1.25. The first-order valence-electron chi connectivity index (χ1n) is 5.99. The van der Waals surface area contributed by atoms with Gasteiger partial charge < -0.3 is 16.0 Å². The highest BCUT2D eigenvalue weighted by molar-refractivity contribution is 5.95. The number of anilines is 1. The quantitative estimate of drug-likeness (QED) is 0.842. The third-order valence-electron chi connectivity index (χ3n) is 2.14. The van der Waals surface area contributed by atoms with E-state index in [1.807, 2.05) is 58.1 Å². The lowest BCUT2D eigenvalue weighted by Crippen LogP contribution is -2.32. The van der Waals surface area contributed by atoms with E-state index in [0.717, 1.165) is 16.8 Å². The summed E-state index contributed by atoms with van der Waals surface area (Å²) in [5.41, 5.74) is 8.45. The molecule has 0 aliphatic carbocycles. The molecule has 0 aliphatic heterocycles. The fourth-order valence-corrected chi connectivity index (χ4v) is 1.25. The molecule has 102 valence electrons. The molecule has 4 nitrogen and oxygen atoms in total. The topological polar surface area (TPSA) is 58.4 Å². The molecule has 4 heteroatoms. The zero-order chi connectivity index (χ0) is 14.3. The number of amides is 1. The molecule has 1 aromatic carbocycles. The van der Waals surface area contributed by atoms with Gasteiger partial charge in [0, 0.05) is 5.69 Å². The lowest BCUT2D eigenvalue weighted by Gasteiger charge is -2.12. The Morgan fingerprint density at radius 2 is 1.61 bits per heavy atom. The maximum atomic E-state index is 11.4. The lowest BCUT2D eigenvalue weighted by molar-refractivity contribution is -0.117. The van der Waals surface area contributed by atoms with Gasteiger partial charge in [0.2, 0.25) is 5.91 Å². The highest BCUT2D eigenvalue weighted by Gasteiger charge is 2.10. The Balaban J connectivity index is 0.000000631. The Labute approximate surface area is 110 Å². The van der Waals surface area contributed by atoms with Crippen LogP contribution in [0.25, 0.3) is 0 Å². The van der Waals surface area contributed by atoms with Crippen molar-refractivity contribution < 1.29 is 4.79 Å². The van der Waals surface area contributed by atoms with Gasteiger partial charge in [0.05, 0.1) is 6.04 Å². The average Bonchev–Trinajstić information content (AvgIpc) is 2.22. The van der Waals surface area contributed by atoms with Crippen LogP contribution in [0.1, 0.15) is 18.1 Å². The van der Waals surface area contributed by atoms with Crippen LogP contribution < -0.4 is 11.1 Å². The lowest BCUT2D eigenvalue weighted by atomic mass is 10.1. The van der Waals surface area contributed by atoms with E-state index in [0.29, 0.717) is 0 Å². The van der Waals surface area contributed by atoms with E-state index in [-0.39, 0.29) is 5.91 Å². The fraction of sp³-hybridized carbons (Fsp3) is 0.500. The number of benzene rings is 1. The van der Waals surface area contributed by atoms with Crippen molar-refractivity contribution in [2.75, 3.05) is 26.5 Å². The molecule has 0 aromatic heterocycles. The first-order chi connectivity index (χ1) is 8.25. The molecule has 1 atom stereocenters. The second-order valence-corrected chi connectivity index (χ2v) is 4.89. The molecule has 0 spiro atoms. The number of carbonyl (C=O) groups excluding carboxylic acids is 1. The van der Waals surface area contributed by atoms with Gasteiger partial charge in [-0.15, -0.1) is 0 Å². The minimum atomic E-state index is -0.478. The summed E-state index contributed by atoms with van der Waals surface area (Å²) in [5, 5.41) is 2.81. The first-order valence-corrected chi connectivity index (χ1v) is 5.99. The summed E-state index contributed by atoms with van der Waals surface area (Å²) in [4.78, 5) is 13.4. The summed E-state index contributed by atoms with van der Waals surface area (Å²) in [7, 11) is 6.00. The van der Waals surface area contributed by atoms with Gasteiger partial charge in [-0.2, -0.15) is 0 Å². The van der Waals surface area contributed by atoms with Gasteiger partial charge in [-0.3, -0.25) is 4.79 Å². The third-order valence-corrected chi connectivity index (χ3v) is 2.14. The number of para-hydroxylation sites is 1. The van der Waals surface area contributed by atoms with Crippen LogP contribution in [0, 0.1) is 13.8 Å². The van der Waals surface area contributed by atoms with Gasteiger partial charge >= 0.3 is 0 Å². The smallest absolute Gasteiger partial charge is 0.241 e. The number of hydrogen-bond acceptors (Lipinski definition) is 3. The van der Waals surface area contributed by atoms with Crippen LogP contribution in [-0.4, -0.2) is 38.0 Å². The van der Waals surface area contributed by atoms with E-state index in [9.17, 15) is 4.79 Å². The number of nitrogens with two attached hydrogens (primary N) is 1. The van der Waals surface area contributed by atoms with Gasteiger partial charge in [0.1, 0.15) is 0 Å². The second kappa shape index (κ2) is 7.84. The summed E-state index contributed by atoms with van der Waals surface area (Å²) in [6, 6.07) is 5.41. The van der Waals surface area contributed by atoms with Gasteiger partial charge in [0.15, 0.2) is 0 Å². The van der Waals surface area contributed by atoms with E-state index >= 15 is 0 Å².